The lowest BCUT2D eigenvalue weighted by molar-refractivity contribution is 0.0177. The Balaban J connectivity index is 2.01. The fraction of sp³-hybridized carbons (Fsp3) is 0.125. The molecule has 0 atom stereocenters. The highest BCUT2D eigenvalue weighted by Crippen LogP contribution is 2.33. The zero-order valence-corrected chi connectivity index (χ0v) is 10.9. The molecule has 5 nitrogen and oxygen atoms in total. The Bertz CT molecular complexity index is 610. The summed E-state index contributed by atoms with van der Waals surface area (Å²) < 4.78 is 0. The third-order valence-corrected chi connectivity index (χ3v) is 3.30. The maximum atomic E-state index is 12.5. The van der Waals surface area contributed by atoms with E-state index in [2.05, 4.69) is 9.78 Å². The van der Waals surface area contributed by atoms with Crippen LogP contribution in [0.25, 0.3) is 0 Å². The molecule has 3 rings (SSSR count). The van der Waals surface area contributed by atoms with E-state index in [1.165, 1.54) is 24.3 Å². The fourth-order valence-corrected chi connectivity index (χ4v) is 2.10. The second-order valence-electron chi connectivity index (χ2n) is 4.68. The molecule has 1 heterocycles. The quantitative estimate of drug-likeness (QED) is 0.392. The second-order valence-corrected chi connectivity index (χ2v) is 4.68. The highest BCUT2D eigenvalue weighted by molar-refractivity contribution is 6.22. The molecule has 0 aliphatic carbocycles. The van der Waals surface area contributed by atoms with E-state index in [-0.39, 0.29) is 11.1 Å². The summed E-state index contributed by atoms with van der Waals surface area (Å²) in [5.74, 6) is -1.50. The number of Topliss-reactive ketones (excluding diaryl/α,β-unsaturated/α-hetero) is 2. The van der Waals surface area contributed by atoms with Crippen molar-refractivity contribution in [2.75, 3.05) is 0 Å². The minimum Gasteiger partial charge on any atom is -0.370 e. The Morgan fingerprint density at radius 3 is 1.52 bits per heavy atom. The van der Waals surface area contributed by atoms with E-state index in [1.807, 2.05) is 0 Å². The lowest BCUT2D eigenvalue weighted by Gasteiger charge is -2.21. The molecule has 0 saturated carbocycles. The molecule has 5 heteroatoms. The van der Waals surface area contributed by atoms with Gasteiger partial charge in [-0.2, -0.15) is 9.78 Å². The first-order valence-corrected chi connectivity index (χ1v) is 6.38. The van der Waals surface area contributed by atoms with Gasteiger partial charge in [-0.05, 0) is 0 Å². The summed E-state index contributed by atoms with van der Waals surface area (Å²) in [5, 5.41) is 10.6. The summed E-state index contributed by atoms with van der Waals surface area (Å²) in [6, 6.07) is 16.1. The predicted octanol–water partition coefficient (Wildman–Crippen LogP) is 1.77. The van der Waals surface area contributed by atoms with Crippen molar-refractivity contribution in [1.29, 1.82) is 0 Å². The number of benzene rings is 2. The summed E-state index contributed by atoms with van der Waals surface area (Å²) in [7, 11) is 0. The standard InChI is InChI=1S/C16H12O5/c17-13(11-7-3-1-4-8-11)16(19,15-20-21-15)14(18)12-9-5-2-6-10-12/h1-10,15,19H. The van der Waals surface area contributed by atoms with Crippen molar-refractivity contribution < 1.29 is 24.5 Å². The lowest BCUT2D eigenvalue weighted by Crippen LogP contribution is -2.51. The largest absolute Gasteiger partial charge is 0.370 e. The Kier molecular flexibility index (Phi) is 3.39. The van der Waals surface area contributed by atoms with Crippen LogP contribution in [0.3, 0.4) is 0 Å². The van der Waals surface area contributed by atoms with Gasteiger partial charge in [-0.25, -0.2) is 0 Å². The average Bonchev–Trinajstić information content (AvgIpc) is 3.39. The van der Waals surface area contributed by atoms with Crippen molar-refractivity contribution in [1.82, 2.24) is 0 Å². The molecule has 106 valence electrons. The highest BCUT2D eigenvalue weighted by atomic mass is 17.4. The molecule has 0 radical (unpaired) electrons. The summed E-state index contributed by atoms with van der Waals surface area (Å²) in [4.78, 5) is 34.2. The summed E-state index contributed by atoms with van der Waals surface area (Å²) in [6.45, 7) is 0. The van der Waals surface area contributed by atoms with Gasteiger partial charge in [0.25, 0.3) is 6.29 Å². The highest BCUT2D eigenvalue weighted by Gasteiger charge is 2.60. The van der Waals surface area contributed by atoms with E-state index in [1.54, 1.807) is 36.4 Å². The Labute approximate surface area is 120 Å². The van der Waals surface area contributed by atoms with Crippen LogP contribution in [0.2, 0.25) is 0 Å². The van der Waals surface area contributed by atoms with Crippen LogP contribution in [0.15, 0.2) is 60.7 Å². The van der Waals surface area contributed by atoms with Gasteiger partial charge in [0.15, 0.2) is 0 Å². The molecule has 2 aromatic rings. The van der Waals surface area contributed by atoms with Gasteiger partial charge in [-0.15, -0.1) is 0 Å². The molecular formula is C16H12O5. The van der Waals surface area contributed by atoms with Gasteiger partial charge in [0.05, 0.1) is 0 Å². The number of aliphatic hydroxyl groups is 1. The summed E-state index contributed by atoms with van der Waals surface area (Å²) in [6.07, 6.45) is -1.28. The van der Waals surface area contributed by atoms with Crippen molar-refractivity contribution >= 4 is 11.6 Å². The van der Waals surface area contributed by atoms with E-state index in [4.69, 9.17) is 0 Å². The Hall–Kier alpha value is -2.34. The van der Waals surface area contributed by atoms with Gasteiger partial charge in [0.2, 0.25) is 17.2 Å². The van der Waals surface area contributed by atoms with Gasteiger partial charge >= 0.3 is 0 Å². The maximum absolute atomic E-state index is 12.5. The molecule has 2 aromatic carbocycles. The van der Waals surface area contributed by atoms with Crippen LogP contribution in [-0.4, -0.2) is 28.6 Å². The molecule has 0 amide bonds. The van der Waals surface area contributed by atoms with Gasteiger partial charge in [0.1, 0.15) is 0 Å². The summed E-state index contributed by atoms with van der Waals surface area (Å²) in [5.41, 5.74) is -1.96. The first-order chi connectivity index (χ1) is 10.1. The normalized spacial score (nSPS) is 14.7. The molecule has 0 aromatic heterocycles. The predicted molar refractivity (Wildman–Crippen MR) is 72.5 cm³/mol. The van der Waals surface area contributed by atoms with Crippen molar-refractivity contribution in [3.05, 3.63) is 71.8 Å². The third kappa shape index (κ3) is 2.38. The van der Waals surface area contributed by atoms with Crippen LogP contribution >= 0.6 is 0 Å². The van der Waals surface area contributed by atoms with Crippen LogP contribution < -0.4 is 0 Å². The molecule has 1 aliphatic rings. The first kappa shape index (κ1) is 13.6. The van der Waals surface area contributed by atoms with Gasteiger partial charge in [-0.1, -0.05) is 60.7 Å². The monoisotopic (exact) mass is 284 g/mol. The SMILES string of the molecule is O=C(c1ccccc1)C(O)(C(=O)c1ccccc1)C1OO1. The van der Waals surface area contributed by atoms with E-state index >= 15 is 0 Å². The molecule has 1 N–H and O–H groups in total. The average molecular weight is 284 g/mol. The number of ketones is 2. The molecule has 0 spiro atoms. The van der Waals surface area contributed by atoms with E-state index in [0.717, 1.165) is 0 Å². The van der Waals surface area contributed by atoms with Gasteiger partial charge in [-0.3, -0.25) is 9.59 Å². The zero-order chi connectivity index (χ0) is 14.9. The van der Waals surface area contributed by atoms with E-state index < -0.39 is 23.5 Å². The van der Waals surface area contributed by atoms with Crippen LogP contribution in [0.1, 0.15) is 20.7 Å². The van der Waals surface area contributed by atoms with Crippen LogP contribution in [0.5, 0.6) is 0 Å². The Morgan fingerprint density at radius 1 is 0.810 bits per heavy atom. The molecule has 0 unspecified atom stereocenters. The van der Waals surface area contributed by atoms with Gasteiger partial charge < -0.3 is 5.11 Å². The first-order valence-electron chi connectivity index (χ1n) is 6.38. The second kappa shape index (κ2) is 5.21. The number of carbonyl (C=O) groups excluding carboxylic acids is 2. The summed E-state index contributed by atoms with van der Waals surface area (Å²) >= 11 is 0. The van der Waals surface area contributed by atoms with Crippen molar-refractivity contribution in [2.24, 2.45) is 0 Å². The van der Waals surface area contributed by atoms with Crippen molar-refractivity contribution in [3.8, 4) is 0 Å². The van der Waals surface area contributed by atoms with E-state index in [0.29, 0.717) is 0 Å². The Morgan fingerprint density at radius 2 is 1.19 bits per heavy atom. The molecule has 21 heavy (non-hydrogen) atoms. The zero-order valence-electron chi connectivity index (χ0n) is 10.9. The number of hydrogen-bond donors (Lipinski definition) is 1. The van der Waals surface area contributed by atoms with Crippen molar-refractivity contribution in [3.63, 3.8) is 0 Å². The molecular weight excluding hydrogens is 272 g/mol. The topological polar surface area (TPSA) is 79.4 Å². The third-order valence-electron chi connectivity index (χ3n) is 3.30. The molecule has 0 bridgehead atoms. The minimum atomic E-state index is -2.39. The van der Waals surface area contributed by atoms with E-state index in [9.17, 15) is 14.7 Å². The number of rotatable bonds is 5. The fourth-order valence-electron chi connectivity index (χ4n) is 2.10. The van der Waals surface area contributed by atoms with Crippen LogP contribution in [0, 0.1) is 0 Å². The van der Waals surface area contributed by atoms with Crippen LogP contribution in [0.4, 0.5) is 0 Å². The van der Waals surface area contributed by atoms with Crippen molar-refractivity contribution in [2.45, 2.75) is 11.9 Å². The smallest absolute Gasteiger partial charge is 0.267 e. The molecule has 1 aliphatic heterocycles. The number of hydrogen-bond acceptors (Lipinski definition) is 5. The minimum absolute atomic E-state index is 0.211. The number of carbonyl (C=O) groups is 2. The molecule has 1 fully saturated rings. The van der Waals surface area contributed by atoms with Crippen LogP contribution in [-0.2, 0) is 9.78 Å². The lowest BCUT2D eigenvalue weighted by atomic mass is 9.85. The molecule has 1 saturated heterocycles. The maximum Gasteiger partial charge on any atom is 0.267 e. The van der Waals surface area contributed by atoms with Gasteiger partial charge in [0, 0.05) is 11.1 Å².